The average Bonchev–Trinajstić information content (AvgIpc) is 2.77. The van der Waals surface area contributed by atoms with E-state index in [2.05, 4.69) is 31.4 Å². The molecular weight excluding hydrogens is 230 g/mol. The monoisotopic (exact) mass is 253 g/mol. The van der Waals surface area contributed by atoms with E-state index in [4.69, 9.17) is 10.5 Å². The summed E-state index contributed by atoms with van der Waals surface area (Å²) in [5, 5.41) is 2.09. The standard InChI is InChI=1S/C14H23NOS/c1-10-6-11(2)8-12(7-10)16-13(9-15)14-4-3-5-17-14/h3-5,10-13H,6-9,15H2,1-2H3. The van der Waals surface area contributed by atoms with E-state index in [0.29, 0.717) is 12.6 Å². The Bertz CT molecular complexity index is 315. The second-order valence-electron chi connectivity index (χ2n) is 5.42. The molecule has 0 aromatic carbocycles. The van der Waals surface area contributed by atoms with Gasteiger partial charge in [-0.15, -0.1) is 11.3 Å². The Hall–Kier alpha value is -0.380. The molecule has 2 nitrogen and oxygen atoms in total. The highest BCUT2D eigenvalue weighted by Gasteiger charge is 2.27. The van der Waals surface area contributed by atoms with Gasteiger partial charge in [0, 0.05) is 11.4 Å². The van der Waals surface area contributed by atoms with E-state index in [1.54, 1.807) is 11.3 Å². The van der Waals surface area contributed by atoms with Crippen molar-refractivity contribution in [3.05, 3.63) is 22.4 Å². The zero-order chi connectivity index (χ0) is 12.3. The van der Waals surface area contributed by atoms with Crippen LogP contribution in [0.15, 0.2) is 17.5 Å². The van der Waals surface area contributed by atoms with Crippen LogP contribution in [0.25, 0.3) is 0 Å². The molecule has 0 saturated heterocycles. The van der Waals surface area contributed by atoms with Crippen molar-refractivity contribution in [1.29, 1.82) is 0 Å². The molecule has 2 N–H and O–H groups in total. The predicted molar refractivity (Wildman–Crippen MR) is 73.2 cm³/mol. The lowest BCUT2D eigenvalue weighted by molar-refractivity contribution is -0.0451. The third kappa shape index (κ3) is 3.54. The van der Waals surface area contributed by atoms with Crippen LogP contribution >= 0.6 is 11.3 Å². The maximum atomic E-state index is 6.21. The molecule has 1 saturated carbocycles. The summed E-state index contributed by atoms with van der Waals surface area (Å²) >= 11 is 1.74. The Morgan fingerprint density at radius 3 is 2.59 bits per heavy atom. The van der Waals surface area contributed by atoms with Gasteiger partial charge in [-0.3, -0.25) is 0 Å². The van der Waals surface area contributed by atoms with Crippen LogP contribution in [0, 0.1) is 11.8 Å². The Labute approximate surface area is 108 Å². The van der Waals surface area contributed by atoms with Gasteiger partial charge in [0.25, 0.3) is 0 Å². The van der Waals surface area contributed by atoms with Crippen LogP contribution in [0.4, 0.5) is 0 Å². The molecule has 1 aromatic rings. The van der Waals surface area contributed by atoms with E-state index in [9.17, 15) is 0 Å². The van der Waals surface area contributed by atoms with Crippen LogP contribution in [0.2, 0.25) is 0 Å². The third-order valence-electron chi connectivity index (χ3n) is 3.57. The van der Waals surface area contributed by atoms with E-state index in [-0.39, 0.29) is 6.10 Å². The number of thiophene rings is 1. The number of nitrogens with two attached hydrogens (primary N) is 1. The molecule has 1 aromatic heterocycles. The normalized spacial score (nSPS) is 31.4. The van der Waals surface area contributed by atoms with Gasteiger partial charge in [-0.05, 0) is 42.5 Å². The van der Waals surface area contributed by atoms with E-state index < -0.39 is 0 Å². The zero-order valence-corrected chi connectivity index (χ0v) is 11.6. The zero-order valence-electron chi connectivity index (χ0n) is 10.8. The summed E-state index contributed by atoms with van der Waals surface area (Å²) in [5.74, 6) is 1.57. The molecule has 1 fully saturated rings. The summed E-state index contributed by atoms with van der Waals surface area (Å²) in [6.45, 7) is 5.24. The maximum Gasteiger partial charge on any atom is 0.104 e. The highest BCUT2D eigenvalue weighted by Crippen LogP contribution is 2.33. The van der Waals surface area contributed by atoms with Gasteiger partial charge in [-0.2, -0.15) is 0 Å². The molecular formula is C14H23NOS. The van der Waals surface area contributed by atoms with Crippen molar-refractivity contribution in [3.8, 4) is 0 Å². The van der Waals surface area contributed by atoms with Crippen molar-refractivity contribution in [2.45, 2.75) is 45.3 Å². The van der Waals surface area contributed by atoms with Gasteiger partial charge in [0.15, 0.2) is 0 Å². The fourth-order valence-corrected chi connectivity index (χ4v) is 3.70. The quantitative estimate of drug-likeness (QED) is 0.890. The van der Waals surface area contributed by atoms with Gasteiger partial charge in [-0.25, -0.2) is 0 Å². The van der Waals surface area contributed by atoms with Crippen molar-refractivity contribution in [2.24, 2.45) is 17.6 Å². The highest BCUT2D eigenvalue weighted by molar-refractivity contribution is 7.10. The second-order valence-corrected chi connectivity index (χ2v) is 6.39. The molecule has 0 aliphatic heterocycles. The third-order valence-corrected chi connectivity index (χ3v) is 4.53. The Balaban J connectivity index is 1.94. The van der Waals surface area contributed by atoms with Crippen LogP contribution in [0.5, 0.6) is 0 Å². The molecule has 0 spiro atoms. The molecule has 96 valence electrons. The Morgan fingerprint density at radius 2 is 2.06 bits per heavy atom. The SMILES string of the molecule is CC1CC(C)CC(OC(CN)c2cccs2)C1. The van der Waals surface area contributed by atoms with Crippen LogP contribution in [0.1, 0.15) is 44.1 Å². The van der Waals surface area contributed by atoms with Gasteiger partial charge in [-0.1, -0.05) is 19.9 Å². The number of hydrogen-bond donors (Lipinski definition) is 1. The van der Waals surface area contributed by atoms with Crippen molar-refractivity contribution >= 4 is 11.3 Å². The molecule has 3 unspecified atom stereocenters. The van der Waals surface area contributed by atoms with Crippen LogP contribution in [0.3, 0.4) is 0 Å². The molecule has 0 radical (unpaired) electrons. The lowest BCUT2D eigenvalue weighted by atomic mass is 9.81. The Kier molecular flexibility index (Phi) is 4.60. The summed E-state index contributed by atoms with van der Waals surface area (Å²) < 4.78 is 6.21. The minimum absolute atomic E-state index is 0.0949. The summed E-state index contributed by atoms with van der Waals surface area (Å²) in [7, 11) is 0. The minimum Gasteiger partial charge on any atom is -0.368 e. The molecule has 0 amide bonds. The topological polar surface area (TPSA) is 35.2 Å². The minimum atomic E-state index is 0.0949. The molecule has 3 atom stereocenters. The summed E-state index contributed by atoms with van der Waals surface area (Å²) in [5.41, 5.74) is 5.83. The number of ether oxygens (including phenoxy) is 1. The van der Waals surface area contributed by atoms with E-state index >= 15 is 0 Å². The van der Waals surface area contributed by atoms with E-state index in [1.807, 2.05) is 0 Å². The summed E-state index contributed by atoms with van der Waals surface area (Å²) in [6, 6.07) is 4.19. The Morgan fingerprint density at radius 1 is 1.35 bits per heavy atom. The largest absolute Gasteiger partial charge is 0.368 e. The first-order chi connectivity index (χ1) is 8.19. The molecule has 2 rings (SSSR count). The molecule has 17 heavy (non-hydrogen) atoms. The van der Waals surface area contributed by atoms with Gasteiger partial charge in [0.2, 0.25) is 0 Å². The number of hydrogen-bond acceptors (Lipinski definition) is 3. The average molecular weight is 253 g/mol. The van der Waals surface area contributed by atoms with Gasteiger partial charge >= 0.3 is 0 Å². The van der Waals surface area contributed by atoms with Crippen molar-refractivity contribution in [2.75, 3.05) is 6.54 Å². The second kappa shape index (κ2) is 5.98. The molecule has 3 heteroatoms. The van der Waals surface area contributed by atoms with Gasteiger partial charge in [0.1, 0.15) is 6.10 Å². The fraction of sp³-hybridized carbons (Fsp3) is 0.714. The molecule has 0 bridgehead atoms. The lowest BCUT2D eigenvalue weighted by Gasteiger charge is -2.33. The van der Waals surface area contributed by atoms with Crippen molar-refractivity contribution in [3.63, 3.8) is 0 Å². The van der Waals surface area contributed by atoms with Crippen LogP contribution in [-0.2, 0) is 4.74 Å². The maximum absolute atomic E-state index is 6.21. The summed E-state index contributed by atoms with van der Waals surface area (Å²) in [6.07, 6.45) is 4.20. The fourth-order valence-electron chi connectivity index (χ4n) is 2.93. The molecule has 1 heterocycles. The van der Waals surface area contributed by atoms with Gasteiger partial charge in [0.05, 0.1) is 6.10 Å². The smallest absolute Gasteiger partial charge is 0.104 e. The summed E-state index contributed by atoms with van der Waals surface area (Å²) in [4.78, 5) is 1.26. The van der Waals surface area contributed by atoms with E-state index in [1.165, 1.54) is 24.1 Å². The highest BCUT2D eigenvalue weighted by atomic mass is 32.1. The number of rotatable bonds is 4. The molecule has 1 aliphatic rings. The first-order valence-corrected chi connectivity index (χ1v) is 7.46. The van der Waals surface area contributed by atoms with Crippen molar-refractivity contribution in [1.82, 2.24) is 0 Å². The lowest BCUT2D eigenvalue weighted by Crippen LogP contribution is -2.29. The first-order valence-electron chi connectivity index (χ1n) is 6.58. The van der Waals surface area contributed by atoms with Gasteiger partial charge < -0.3 is 10.5 Å². The molecule has 1 aliphatic carbocycles. The van der Waals surface area contributed by atoms with Crippen LogP contribution in [-0.4, -0.2) is 12.6 Å². The first kappa shape index (κ1) is 13.1. The van der Waals surface area contributed by atoms with Crippen LogP contribution < -0.4 is 5.73 Å². The van der Waals surface area contributed by atoms with Crippen molar-refractivity contribution < 1.29 is 4.74 Å². The predicted octanol–water partition coefficient (Wildman–Crippen LogP) is 3.59. The van der Waals surface area contributed by atoms with E-state index in [0.717, 1.165) is 11.8 Å².